The molecule has 0 aromatic heterocycles. The summed E-state index contributed by atoms with van der Waals surface area (Å²) in [4.78, 5) is 14.6. The zero-order valence-electron chi connectivity index (χ0n) is 17.5. The molecule has 5 nitrogen and oxygen atoms in total. The largest absolute Gasteiger partial charge is 0.496 e. The molecule has 3 aromatic rings. The van der Waals surface area contributed by atoms with E-state index in [2.05, 4.69) is 6.07 Å². The topological polar surface area (TPSA) is 73.6 Å². The minimum Gasteiger partial charge on any atom is -0.496 e. The molecule has 0 aliphatic heterocycles. The van der Waals surface area contributed by atoms with Gasteiger partial charge in [0.25, 0.3) is 0 Å². The molecule has 0 fully saturated rings. The number of hydrogen-bond donors (Lipinski definition) is 1. The average molecular weight is 402 g/mol. The van der Waals surface area contributed by atoms with Gasteiger partial charge in [-0.25, -0.2) is 0 Å². The van der Waals surface area contributed by atoms with Crippen molar-refractivity contribution in [2.75, 3.05) is 27.7 Å². The predicted molar refractivity (Wildman–Crippen MR) is 118 cm³/mol. The molecule has 0 radical (unpaired) electrons. The van der Waals surface area contributed by atoms with Crippen molar-refractivity contribution in [2.24, 2.45) is 5.41 Å². The van der Waals surface area contributed by atoms with E-state index in [9.17, 15) is 15.2 Å². The van der Waals surface area contributed by atoms with Gasteiger partial charge >= 0.3 is 5.97 Å². The van der Waals surface area contributed by atoms with Crippen molar-refractivity contribution in [3.05, 3.63) is 77.9 Å². The van der Waals surface area contributed by atoms with Gasteiger partial charge in [-0.1, -0.05) is 60.7 Å². The number of ether oxygens (including phenoxy) is 1. The normalized spacial score (nSPS) is 14.1. The first-order valence-electron chi connectivity index (χ1n) is 9.84. The van der Waals surface area contributed by atoms with E-state index in [0.29, 0.717) is 17.9 Å². The zero-order chi connectivity index (χ0) is 21.7. The van der Waals surface area contributed by atoms with E-state index in [1.54, 1.807) is 7.11 Å². The molecule has 3 aromatic carbocycles. The van der Waals surface area contributed by atoms with Gasteiger partial charge in [-0.05, 0) is 49.5 Å². The Morgan fingerprint density at radius 3 is 2.37 bits per heavy atom. The smallest absolute Gasteiger partial charge is 0.325 e. The maximum Gasteiger partial charge on any atom is 0.325 e. The van der Waals surface area contributed by atoms with Crippen LogP contribution in [0, 0.1) is 16.7 Å². The van der Waals surface area contributed by atoms with Crippen molar-refractivity contribution >= 4 is 16.7 Å². The van der Waals surface area contributed by atoms with Crippen LogP contribution in [0.3, 0.4) is 0 Å². The second-order valence-corrected chi connectivity index (χ2v) is 7.68. The highest BCUT2D eigenvalue weighted by molar-refractivity contribution is 5.89. The number of carbonyl (C=O) groups is 1. The lowest BCUT2D eigenvalue weighted by Gasteiger charge is -2.34. The Bertz CT molecular complexity index is 1080. The number of para-hydroxylation sites is 1. The molecule has 154 valence electrons. The Kier molecular flexibility index (Phi) is 6.39. The van der Waals surface area contributed by atoms with Gasteiger partial charge in [0.2, 0.25) is 0 Å². The Balaban J connectivity index is 2.37. The van der Waals surface area contributed by atoms with Crippen molar-refractivity contribution in [3.63, 3.8) is 0 Å². The first kappa shape index (κ1) is 21.4. The van der Waals surface area contributed by atoms with Crippen molar-refractivity contribution in [1.29, 1.82) is 5.26 Å². The SMILES string of the molecule is COc1ccccc1[C@H](c1cccc2ccccc12)[C@](C#N)(CCN(C)C)C(=O)O. The van der Waals surface area contributed by atoms with Crippen molar-refractivity contribution in [2.45, 2.75) is 12.3 Å². The van der Waals surface area contributed by atoms with Crippen LogP contribution >= 0.6 is 0 Å². The number of hydrogen-bond acceptors (Lipinski definition) is 4. The van der Waals surface area contributed by atoms with Gasteiger partial charge in [0, 0.05) is 11.5 Å². The summed E-state index contributed by atoms with van der Waals surface area (Å²) in [6.45, 7) is 0.469. The number of carboxylic acid groups (broad SMARTS) is 1. The van der Waals surface area contributed by atoms with Crippen molar-refractivity contribution in [1.82, 2.24) is 4.90 Å². The monoisotopic (exact) mass is 402 g/mol. The molecule has 0 aliphatic carbocycles. The number of rotatable bonds is 8. The van der Waals surface area contributed by atoms with Gasteiger partial charge in [0.15, 0.2) is 5.41 Å². The summed E-state index contributed by atoms with van der Waals surface area (Å²) in [7, 11) is 5.31. The third-order valence-electron chi connectivity index (χ3n) is 5.61. The van der Waals surface area contributed by atoms with E-state index in [4.69, 9.17) is 4.74 Å². The molecule has 0 unspecified atom stereocenters. The first-order valence-corrected chi connectivity index (χ1v) is 9.84. The number of carboxylic acids is 1. The summed E-state index contributed by atoms with van der Waals surface area (Å²) in [5.74, 6) is -1.26. The molecule has 0 saturated heterocycles. The molecular formula is C25H26N2O3. The van der Waals surface area contributed by atoms with Crippen LogP contribution in [0.5, 0.6) is 5.75 Å². The fourth-order valence-electron chi connectivity index (χ4n) is 4.05. The lowest BCUT2D eigenvalue weighted by atomic mass is 9.66. The number of methoxy groups -OCH3 is 1. The van der Waals surface area contributed by atoms with Crippen molar-refractivity contribution in [3.8, 4) is 11.8 Å². The summed E-state index contributed by atoms with van der Waals surface area (Å²) < 4.78 is 5.59. The molecule has 0 amide bonds. The van der Waals surface area contributed by atoms with Crippen LogP contribution in [-0.2, 0) is 4.79 Å². The fraction of sp³-hybridized carbons (Fsp3) is 0.280. The second-order valence-electron chi connectivity index (χ2n) is 7.68. The first-order chi connectivity index (χ1) is 14.4. The Morgan fingerprint density at radius 2 is 1.70 bits per heavy atom. The van der Waals surface area contributed by atoms with Gasteiger partial charge in [0.05, 0.1) is 13.2 Å². The number of nitriles is 1. The lowest BCUT2D eigenvalue weighted by molar-refractivity contribution is -0.146. The average Bonchev–Trinajstić information content (AvgIpc) is 2.76. The van der Waals surface area contributed by atoms with Crippen LogP contribution in [-0.4, -0.2) is 43.7 Å². The van der Waals surface area contributed by atoms with E-state index in [0.717, 1.165) is 16.3 Å². The van der Waals surface area contributed by atoms with Crippen LogP contribution in [0.1, 0.15) is 23.5 Å². The summed E-state index contributed by atoms with van der Waals surface area (Å²) in [5.41, 5.74) is -0.164. The Hall–Kier alpha value is -3.36. The van der Waals surface area contributed by atoms with Gasteiger partial charge in [-0.3, -0.25) is 4.79 Å². The van der Waals surface area contributed by atoms with E-state index < -0.39 is 17.3 Å². The zero-order valence-corrected chi connectivity index (χ0v) is 17.5. The molecule has 3 rings (SSSR count). The molecule has 0 bridgehead atoms. The Labute approximate surface area is 177 Å². The molecule has 1 N–H and O–H groups in total. The van der Waals surface area contributed by atoms with Crippen molar-refractivity contribution < 1.29 is 14.6 Å². The van der Waals surface area contributed by atoms with Gasteiger partial charge in [0.1, 0.15) is 5.75 Å². The third kappa shape index (κ3) is 3.87. The third-order valence-corrected chi connectivity index (χ3v) is 5.61. The summed E-state index contributed by atoms with van der Waals surface area (Å²) in [6, 6.07) is 23.2. The van der Waals surface area contributed by atoms with Crippen LogP contribution in [0.15, 0.2) is 66.7 Å². The maximum absolute atomic E-state index is 12.7. The molecule has 2 atom stereocenters. The number of aliphatic carboxylic acids is 1. The van der Waals surface area contributed by atoms with E-state index in [1.165, 1.54) is 0 Å². The van der Waals surface area contributed by atoms with Gasteiger partial charge < -0.3 is 14.7 Å². The summed E-state index contributed by atoms with van der Waals surface area (Å²) >= 11 is 0. The van der Waals surface area contributed by atoms with Crippen LogP contribution < -0.4 is 4.74 Å². The van der Waals surface area contributed by atoms with E-state index in [-0.39, 0.29) is 6.42 Å². The van der Waals surface area contributed by atoms with Gasteiger partial charge in [-0.15, -0.1) is 0 Å². The number of benzene rings is 3. The standard InChI is InChI=1S/C25H26N2O3/c1-27(2)16-15-25(17-26,24(28)29)23(21-12-6-7-14-22(21)30-3)20-13-8-10-18-9-4-5-11-19(18)20/h4-14,23H,15-16H2,1-3H3,(H,28,29)/t23-,25+/m0/s1. The Morgan fingerprint density at radius 1 is 1.07 bits per heavy atom. The molecule has 0 saturated carbocycles. The number of nitrogens with zero attached hydrogens (tertiary/aromatic N) is 2. The van der Waals surface area contributed by atoms with Crippen LogP contribution in [0.2, 0.25) is 0 Å². The highest BCUT2D eigenvalue weighted by atomic mass is 16.5. The number of fused-ring (bicyclic) bond motifs is 1. The van der Waals surface area contributed by atoms with Gasteiger partial charge in [-0.2, -0.15) is 5.26 Å². The van der Waals surface area contributed by atoms with E-state index in [1.807, 2.05) is 85.7 Å². The minimum absolute atomic E-state index is 0.178. The molecule has 0 spiro atoms. The highest BCUT2D eigenvalue weighted by Crippen LogP contribution is 2.48. The minimum atomic E-state index is -1.66. The molecule has 0 heterocycles. The summed E-state index contributed by atoms with van der Waals surface area (Å²) in [5, 5.41) is 22.6. The lowest BCUT2D eigenvalue weighted by Crippen LogP contribution is -2.39. The maximum atomic E-state index is 12.7. The van der Waals surface area contributed by atoms with Crippen LogP contribution in [0.4, 0.5) is 0 Å². The highest BCUT2D eigenvalue weighted by Gasteiger charge is 2.49. The molecule has 0 aliphatic rings. The van der Waals surface area contributed by atoms with E-state index >= 15 is 0 Å². The molecule has 30 heavy (non-hydrogen) atoms. The quantitative estimate of drug-likeness (QED) is 0.599. The molecular weight excluding hydrogens is 376 g/mol. The molecule has 5 heteroatoms. The summed E-state index contributed by atoms with van der Waals surface area (Å²) in [6.07, 6.45) is 0.178. The fourth-order valence-corrected chi connectivity index (χ4v) is 4.05. The van der Waals surface area contributed by atoms with Crippen LogP contribution in [0.25, 0.3) is 10.8 Å². The predicted octanol–water partition coefficient (Wildman–Crippen LogP) is 4.53. The second kappa shape index (κ2) is 8.98.